The van der Waals surface area contributed by atoms with Gasteiger partial charge in [-0.25, -0.2) is 0 Å². The van der Waals surface area contributed by atoms with Crippen molar-refractivity contribution >= 4 is 47.2 Å². The fourth-order valence-corrected chi connectivity index (χ4v) is 3.12. The Morgan fingerprint density at radius 3 is 2.46 bits per heavy atom. The Bertz CT molecular complexity index is 805. The first-order valence-electron chi connectivity index (χ1n) is 8.30. The molecule has 0 spiro atoms. The van der Waals surface area contributed by atoms with Gasteiger partial charge in [0.2, 0.25) is 0 Å². The highest BCUT2D eigenvalue weighted by Crippen LogP contribution is 2.25. The van der Waals surface area contributed by atoms with Gasteiger partial charge in [-0.15, -0.1) is 12.4 Å². The van der Waals surface area contributed by atoms with Crippen LogP contribution in [0.4, 0.5) is 11.4 Å². The van der Waals surface area contributed by atoms with E-state index in [0.717, 1.165) is 32.4 Å². The molecule has 1 heterocycles. The third-order valence-corrected chi connectivity index (χ3v) is 4.49. The van der Waals surface area contributed by atoms with E-state index >= 15 is 0 Å². The number of halogens is 2. The normalized spacial score (nSPS) is 13.7. The molecule has 7 heteroatoms. The van der Waals surface area contributed by atoms with Crippen molar-refractivity contribution in [1.29, 1.82) is 0 Å². The van der Waals surface area contributed by atoms with Gasteiger partial charge in [-0.2, -0.15) is 0 Å². The standard InChI is InChI=1S/C19H20ClN3O2.ClH/c20-14-7-8-16(19(25)23-9-2-1-3-10-23)17(12-14)22-18(24)13-5-4-6-15(21)11-13;/h4-8,11-12H,1-3,9-10,21H2,(H,22,24);1H. The number of rotatable bonds is 3. The molecule has 5 nitrogen and oxygen atoms in total. The summed E-state index contributed by atoms with van der Waals surface area (Å²) in [6.07, 6.45) is 3.15. The highest BCUT2D eigenvalue weighted by Gasteiger charge is 2.22. The molecule has 0 atom stereocenters. The van der Waals surface area contributed by atoms with Crippen LogP contribution in [0, 0.1) is 0 Å². The van der Waals surface area contributed by atoms with Crippen LogP contribution in [0.2, 0.25) is 5.02 Å². The number of piperidine rings is 1. The Morgan fingerprint density at radius 1 is 1.04 bits per heavy atom. The molecule has 0 bridgehead atoms. The highest BCUT2D eigenvalue weighted by molar-refractivity contribution is 6.31. The number of benzene rings is 2. The van der Waals surface area contributed by atoms with Gasteiger partial charge < -0.3 is 16.0 Å². The van der Waals surface area contributed by atoms with E-state index in [2.05, 4.69) is 5.32 Å². The minimum absolute atomic E-state index is 0. The van der Waals surface area contributed by atoms with Gasteiger partial charge in [0.15, 0.2) is 0 Å². The molecule has 0 unspecified atom stereocenters. The number of carbonyl (C=O) groups is 2. The number of carbonyl (C=O) groups excluding carboxylic acids is 2. The highest BCUT2D eigenvalue weighted by atomic mass is 35.5. The van der Waals surface area contributed by atoms with Crippen molar-refractivity contribution in [2.75, 3.05) is 24.1 Å². The fraction of sp³-hybridized carbons (Fsp3) is 0.263. The smallest absolute Gasteiger partial charge is 0.255 e. The third-order valence-electron chi connectivity index (χ3n) is 4.25. The van der Waals surface area contributed by atoms with Crippen molar-refractivity contribution in [1.82, 2.24) is 4.90 Å². The van der Waals surface area contributed by atoms with E-state index in [-0.39, 0.29) is 24.2 Å². The van der Waals surface area contributed by atoms with Gasteiger partial charge in [0, 0.05) is 29.4 Å². The van der Waals surface area contributed by atoms with Gasteiger partial charge in [0.1, 0.15) is 0 Å². The van der Waals surface area contributed by atoms with Gasteiger partial charge >= 0.3 is 0 Å². The number of anilines is 2. The largest absolute Gasteiger partial charge is 0.399 e. The van der Waals surface area contributed by atoms with Crippen LogP contribution in [-0.4, -0.2) is 29.8 Å². The predicted molar refractivity (Wildman–Crippen MR) is 107 cm³/mol. The molecule has 138 valence electrons. The molecule has 0 aromatic heterocycles. The SMILES string of the molecule is Cl.Nc1cccc(C(=O)Nc2cc(Cl)ccc2C(=O)N2CCCCC2)c1. The maximum atomic E-state index is 12.8. The number of likely N-dealkylation sites (tertiary alicyclic amines) is 1. The molecule has 2 amide bonds. The first-order chi connectivity index (χ1) is 12.0. The number of nitrogens with one attached hydrogen (secondary N) is 1. The number of nitrogen functional groups attached to an aromatic ring is 1. The second-order valence-corrected chi connectivity index (χ2v) is 6.56. The van der Waals surface area contributed by atoms with Crippen LogP contribution in [-0.2, 0) is 0 Å². The molecule has 3 rings (SSSR count). The van der Waals surface area contributed by atoms with Crippen molar-refractivity contribution < 1.29 is 9.59 Å². The molecule has 2 aromatic carbocycles. The second kappa shape index (κ2) is 8.92. The van der Waals surface area contributed by atoms with Crippen LogP contribution in [0.15, 0.2) is 42.5 Å². The zero-order valence-electron chi connectivity index (χ0n) is 14.2. The number of nitrogens with zero attached hydrogens (tertiary/aromatic N) is 1. The van der Waals surface area contributed by atoms with Crippen LogP contribution >= 0.6 is 24.0 Å². The van der Waals surface area contributed by atoms with Crippen LogP contribution in [0.25, 0.3) is 0 Å². The molecule has 1 saturated heterocycles. The van der Waals surface area contributed by atoms with Gasteiger partial charge in [-0.05, 0) is 55.7 Å². The monoisotopic (exact) mass is 393 g/mol. The van der Waals surface area contributed by atoms with Crippen LogP contribution in [0.5, 0.6) is 0 Å². The number of hydrogen-bond donors (Lipinski definition) is 2. The average Bonchev–Trinajstić information content (AvgIpc) is 2.62. The van der Waals surface area contributed by atoms with Crippen molar-refractivity contribution in [2.24, 2.45) is 0 Å². The van der Waals surface area contributed by atoms with Gasteiger partial charge in [-0.1, -0.05) is 17.7 Å². The summed E-state index contributed by atoms with van der Waals surface area (Å²) in [6.45, 7) is 1.48. The molecule has 0 radical (unpaired) electrons. The maximum absolute atomic E-state index is 12.8. The van der Waals surface area contributed by atoms with E-state index in [0.29, 0.717) is 27.5 Å². The summed E-state index contributed by atoms with van der Waals surface area (Å²) in [5, 5.41) is 3.24. The molecule has 2 aromatic rings. The van der Waals surface area contributed by atoms with E-state index in [1.807, 2.05) is 4.90 Å². The van der Waals surface area contributed by atoms with Crippen LogP contribution in [0.1, 0.15) is 40.0 Å². The lowest BCUT2D eigenvalue weighted by molar-refractivity contribution is 0.0725. The van der Waals surface area contributed by atoms with Gasteiger partial charge in [-0.3, -0.25) is 9.59 Å². The van der Waals surface area contributed by atoms with Crippen molar-refractivity contribution in [3.05, 3.63) is 58.6 Å². The molecule has 1 aliphatic rings. The predicted octanol–water partition coefficient (Wildman–Crippen LogP) is 4.22. The lowest BCUT2D eigenvalue weighted by atomic mass is 10.1. The Hall–Kier alpha value is -2.24. The second-order valence-electron chi connectivity index (χ2n) is 6.12. The number of nitrogens with two attached hydrogens (primary N) is 1. The van der Waals surface area contributed by atoms with E-state index in [9.17, 15) is 9.59 Å². The molecule has 26 heavy (non-hydrogen) atoms. The van der Waals surface area contributed by atoms with Gasteiger partial charge in [0.25, 0.3) is 11.8 Å². The minimum atomic E-state index is -0.331. The van der Waals surface area contributed by atoms with Crippen molar-refractivity contribution in [3.8, 4) is 0 Å². The quantitative estimate of drug-likeness (QED) is 0.766. The van der Waals surface area contributed by atoms with Crippen LogP contribution < -0.4 is 11.1 Å². The van der Waals surface area contributed by atoms with E-state index < -0.39 is 0 Å². The molecule has 1 fully saturated rings. The summed E-state index contributed by atoms with van der Waals surface area (Å²) in [4.78, 5) is 27.1. The summed E-state index contributed by atoms with van der Waals surface area (Å²) in [5.41, 5.74) is 7.52. The van der Waals surface area contributed by atoms with Crippen molar-refractivity contribution in [2.45, 2.75) is 19.3 Å². The molecule has 0 aliphatic carbocycles. The van der Waals surface area contributed by atoms with E-state index in [1.165, 1.54) is 0 Å². The first kappa shape index (κ1) is 20.1. The summed E-state index contributed by atoms with van der Waals surface area (Å²) in [6, 6.07) is 11.6. The Morgan fingerprint density at radius 2 is 1.77 bits per heavy atom. The summed E-state index contributed by atoms with van der Waals surface area (Å²) in [5.74, 6) is -0.415. The Labute approximate surface area is 163 Å². The minimum Gasteiger partial charge on any atom is -0.399 e. The van der Waals surface area contributed by atoms with Gasteiger partial charge in [0.05, 0.1) is 11.3 Å². The van der Waals surface area contributed by atoms with E-state index in [4.69, 9.17) is 17.3 Å². The topological polar surface area (TPSA) is 75.4 Å². The summed E-state index contributed by atoms with van der Waals surface area (Å²) >= 11 is 6.07. The molecule has 1 aliphatic heterocycles. The average molecular weight is 394 g/mol. The zero-order valence-corrected chi connectivity index (χ0v) is 15.8. The lowest BCUT2D eigenvalue weighted by Crippen LogP contribution is -2.36. The van der Waals surface area contributed by atoms with Crippen LogP contribution in [0.3, 0.4) is 0 Å². The number of hydrogen-bond acceptors (Lipinski definition) is 3. The fourth-order valence-electron chi connectivity index (χ4n) is 2.95. The summed E-state index contributed by atoms with van der Waals surface area (Å²) < 4.78 is 0. The number of amides is 2. The Kier molecular flexibility index (Phi) is 6.89. The zero-order chi connectivity index (χ0) is 17.8. The molecular weight excluding hydrogens is 373 g/mol. The lowest BCUT2D eigenvalue weighted by Gasteiger charge is -2.27. The first-order valence-corrected chi connectivity index (χ1v) is 8.68. The molecular formula is C19H21Cl2N3O2. The maximum Gasteiger partial charge on any atom is 0.255 e. The third kappa shape index (κ3) is 4.68. The van der Waals surface area contributed by atoms with E-state index in [1.54, 1.807) is 42.5 Å². The Balaban J connectivity index is 0.00000243. The molecule has 3 N–H and O–H groups in total. The van der Waals surface area contributed by atoms with Crippen molar-refractivity contribution in [3.63, 3.8) is 0 Å². The summed E-state index contributed by atoms with van der Waals surface area (Å²) in [7, 11) is 0. The molecule has 0 saturated carbocycles.